The molecule has 7 unspecified atom stereocenters. The van der Waals surface area contributed by atoms with Gasteiger partial charge in [0.1, 0.15) is 36.6 Å². The lowest BCUT2D eigenvalue weighted by Gasteiger charge is -2.40. The normalized spacial score (nSPS) is 37.6. The van der Waals surface area contributed by atoms with Crippen LogP contribution in [0.5, 0.6) is 0 Å². The van der Waals surface area contributed by atoms with Gasteiger partial charge in [0.15, 0.2) is 12.1 Å². The minimum Gasteiger partial charge on any atom is -0.481 e. The number of aliphatic carboxylic acids is 1. The van der Waals surface area contributed by atoms with Gasteiger partial charge in [-0.2, -0.15) is 0 Å². The Balaban J connectivity index is 2.24. The average molecular weight is 390 g/mol. The fourth-order valence-corrected chi connectivity index (χ4v) is 3.16. The van der Waals surface area contributed by atoms with Crippen molar-refractivity contribution in [3.8, 4) is 0 Å². The molecule has 8 atom stereocenters. The Morgan fingerprint density at radius 1 is 1.11 bits per heavy atom. The minimum absolute atomic E-state index is 0.204. The van der Waals surface area contributed by atoms with Gasteiger partial charge in [-0.1, -0.05) is 13.8 Å². The minimum atomic E-state index is -1.66. The fraction of sp³-hybridized carbons (Fsp3) is 0.812. The van der Waals surface area contributed by atoms with Crippen molar-refractivity contribution >= 4 is 17.7 Å². The molecule has 11 heteroatoms. The lowest BCUT2D eigenvalue weighted by molar-refractivity contribution is -0.295. The highest BCUT2D eigenvalue weighted by Crippen LogP contribution is 2.29. The van der Waals surface area contributed by atoms with Crippen LogP contribution in [0.4, 0.5) is 0 Å². The van der Waals surface area contributed by atoms with Crippen LogP contribution >= 0.6 is 0 Å². The first-order valence-electron chi connectivity index (χ1n) is 8.70. The number of carboxylic acids is 1. The van der Waals surface area contributed by atoms with Crippen molar-refractivity contribution in [1.82, 2.24) is 10.6 Å². The van der Waals surface area contributed by atoms with Gasteiger partial charge < -0.3 is 40.5 Å². The molecule has 11 nitrogen and oxygen atoms in total. The van der Waals surface area contributed by atoms with Crippen LogP contribution < -0.4 is 10.6 Å². The smallest absolute Gasteiger partial charge is 0.305 e. The van der Waals surface area contributed by atoms with E-state index in [1.54, 1.807) is 13.8 Å². The predicted octanol–water partition coefficient (Wildman–Crippen LogP) is -2.89. The Hall–Kier alpha value is -1.63. The lowest BCUT2D eigenvalue weighted by atomic mass is 9.91. The van der Waals surface area contributed by atoms with E-state index in [1.807, 2.05) is 0 Å². The number of amides is 1. The fourth-order valence-electron chi connectivity index (χ4n) is 3.16. The van der Waals surface area contributed by atoms with E-state index >= 15 is 0 Å². The predicted molar refractivity (Wildman–Crippen MR) is 88.5 cm³/mol. The van der Waals surface area contributed by atoms with Gasteiger partial charge in [-0.3, -0.25) is 14.4 Å². The van der Waals surface area contributed by atoms with Gasteiger partial charge >= 0.3 is 5.97 Å². The molecule has 154 valence electrons. The largest absolute Gasteiger partial charge is 0.481 e. The number of carboxylic acid groups (broad SMARTS) is 1. The van der Waals surface area contributed by atoms with Crippen molar-refractivity contribution in [2.45, 2.75) is 82.1 Å². The molecule has 27 heavy (non-hydrogen) atoms. The van der Waals surface area contributed by atoms with Crippen molar-refractivity contribution in [3.05, 3.63) is 0 Å². The van der Waals surface area contributed by atoms with Crippen LogP contribution in [0, 0.1) is 0 Å². The third-order valence-corrected chi connectivity index (χ3v) is 4.51. The molecule has 0 aromatic heterocycles. The molecule has 0 saturated carbocycles. The maximum Gasteiger partial charge on any atom is 0.305 e. The summed E-state index contributed by atoms with van der Waals surface area (Å²) in [6.07, 6.45) is -9.19. The van der Waals surface area contributed by atoms with E-state index in [-0.39, 0.29) is 6.04 Å². The number of fused-ring (bicyclic) bond motifs is 2. The summed E-state index contributed by atoms with van der Waals surface area (Å²) in [6.45, 7) is 4.84. The van der Waals surface area contributed by atoms with E-state index < -0.39 is 73.0 Å². The van der Waals surface area contributed by atoms with E-state index in [9.17, 15) is 29.7 Å². The van der Waals surface area contributed by atoms with Crippen LogP contribution in [0.3, 0.4) is 0 Å². The van der Waals surface area contributed by atoms with Gasteiger partial charge in [-0.25, -0.2) is 0 Å². The zero-order valence-electron chi connectivity index (χ0n) is 15.2. The van der Waals surface area contributed by atoms with Crippen molar-refractivity contribution in [1.29, 1.82) is 0 Å². The highest BCUT2D eigenvalue weighted by atomic mass is 16.7. The molecule has 0 aromatic rings. The summed E-state index contributed by atoms with van der Waals surface area (Å²) in [5.74, 6) is -2.61. The molecule has 2 saturated heterocycles. The Morgan fingerprint density at radius 2 is 1.74 bits per heavy atom. The number of aliphatic hydroxyl groups is 3. The second-order valence-electron chi connectivity index (χ2n) is 7.08. The second kappa shape index (κ2) is 8.59. The zero-order valence-corrected chi connectivity index (χ0v) is 15.2. The van der Waals surface area contributed by atoms with E-state index in [1.165, 1.54) is 6.92 Å². The molecule has 6 N–H and O–H groups in total. The van der Waals surface area contributed by atoms with Crippen LogP contribution in [0.1, 0.15) is 27.2 Å². The summed E-state index contributed by atoms with van der Waals surface area (Å²) in [4.78, 5) is 36.2. The molecule has 1 amide bonds. The zero-order chi connectivity index (χ0) is 20.5. The summed E-state index contributed by atoms with van der Waals surface area (Å²) >= 11 is 0. The number of rotatable bonds is 6. The third-order valence-electron chi connectivity index (χ3n) is 4.51. The molecule has 0 aromatic carbocycles. The lowest BCUT2D eigenvalue weighted by Crippen LogP contribution is -2.64. The van der Waals surface area contributed by atoms with Crippen LogP contribution in [-0.2, 0) is 23.9 Å². The number of hydrogen-bond acceptors (Lipinski definition) is 9. The molecule has 2 aliphatic heterocycles. The Bertz CT molecular complexity index is 584. The maximum absolute atomic E-state index is 12.6. The molecule has 0 radical (unpaired) electrons. The highest BCUT2D eigenvalue weighted by Gasteiger charge is 2.53. The topological polar surface area (TPSA) is 175 Å². The number of Topliss-reactive ketones (excluding diaryl/α,β-unsaturated/α-hetero) is 1. The Kier molecular flexibility index (Phi) is 6.89. The molecule has 0 spiro atoms. The Labute approximate surface area is 155 Å². The molecule has 2 aliphatic rings. The number of ketones is 1. The summed E-state index contributed by atoms with van der Waals surface area (Å²) in [5.41, 5.74) is 0. The number of nitrogens with one attached hydrogen (secondary N) is 2. The monoisotopic (exact) mass is 390 g/mol. The first-order valence-corrected chi connectivity index (χ1v) is 8.70. The van der Waals surface area contributed by atoms with Gasteiger partial charge in [-0.05, 0) is 6.92 Å². The van der Waals surface area contributed by atoms with Crippen molar-refractivity contribution in [2.75, 3.05) is 0 Å². The molecular weight excluding hydrogens is 364 g/mol. The molecule has 2 heterocycles. The second-order valence-corrected chi connectivity index (χ2v) is 7.08. The van der Waals surface area contributed by atoms with E-state index in [0.717, 1.165) is 0 Å². The molecule has 2 fully saturated rings. The van der Waals surface area contributed by atoms with Gasteiger partial charge in [0, 0.05) is 6.04 Å². The number of aliphatic hydroxyl groups excluding tert-OH is 3. The van der Waals surface area contributed by atoms with E-state index in [2.05, 4.69) is 10.6 Å². The SMILES string of the molecule is CC(C)N[C@@H](CC(=O)O)C(=O)NC1C(=O)C(C)OC2OC1C(O)C(O)C2O. The first-order chi connectivity index (χ1) is 12.5. The molecule has 2 bridgehead atoms. The van der Waals surface area contributed by atoms with Gasteiger partial charge in [0.05, 0.1) is 12.5 Å². The highest BCUT2D eigenvalue weighted by molar-refractivity contribution is 5.94. The number of ether oxygens (including phenoxy) is 2. The molecule has 0 aliphatic carbocycles. The summed E-state index contributed by atoms with van der Waals surface area (Å²) in [7, 11) is 0. The van der Waals surface area contributed by atoms with Crippen molar-refractivity contribution in [3.63, 3.8) is 0 Å². The number of carbonyl (C=O) groups excluding carboxylic acids is 2. The standard InChI is InChI=1S/C16H26N2O9/c1-5(2)17-7(4-8(19)20)15(25)18-9-10(21)6(3)26-16-13(24)11(22)12(23)14(9)27-16/h5-7,9,11-14,16-17,22-24H,4H2,1-3H3,(H,18,25)(H,19,20)/t6?,7-,9?,11?,12?,13?,14?,16?/m0/s1. The van der Waals surface area contributed by atoms with Crippen LogP contribution in [0.15, 0.2) is 0 Å². The number of carbonyl (C=O) groups is 3. The quantitative estimate of drug-likeness (QED) is 0.276. The Morgan fingerprint density at radius 3 is 2.30 bits per heavy atom. The first kappa shape index (κ1) is 21.7. The van der Waals surface area contributed by atoms with Crippen molar-refractivity contribution in [2.24, 2.45) is 0 Å². The van der Waals surface area contributed by atoms with E-state index in [4.69, 9.17) is 14.6 Å². The van der Waals surface area contributed by atoms with Crippen LogP contribution in [0.25, 0.3) is 0 Å². The summed E-state index contributed by atoms with van der Waals surface area (Å²) in [5, 5.41) is 44.3. The van der Waals surface area contributed by atoms with Gasteiger partial charge in [0.25, 0.3) is 0 Å². The number of hydrogen-bond donors (Lipinski definition) is 6. The molecule has 2 rings (SSSR count). The van der Waals surface area contributed by atoms with E-state index in [0.29, 0.717) is 0 Å². The molecular formula is C16H26N2O9. The van der Waals surface area contributed by atoms with Crippen LogP contribution in [-0.4, -0.2) is 93.0 Å². The third kappa shape index (κ3) is 4.81. The average Bonchev–Trinajstić information content (AvgIpc) is 2.68. The van der Waals surface area contributed by atoms with Crippen LogP contribution in [0.2, 0.25) is 0 Å². The van der Waals surface area contributed by atoms with Crippen molar-refractivity contribution < 1.29 is 44.3 Å². The van der Waals surface area contributed by atoms with Gasteiger partial charge in [0.2, 0.25) is 5.91 Å². The summed E-state index contributed by atoms with van der Waals surface area (Å²) in [6, 6.07) is -2.72. The van der Waals surface area contributed by atoms with Gasteiger partial charge in [-0.15, -0.1) is 0 Å². The summed E-state index contributed by atoms with van der Waals surface area (Å²) < 4.78 is 10.7. The maximum atomic E-state index is 12.6.